The van der Waals surface area contributed by atoms with Gasteiger partial charge in [0.25, 0.3) is 0 Å². The second-order valence-corrected chi connectivity index (χ2v) is 7.55. The van der Waals surface area contributed by atoms with E-state index in [0.717, 1.165) is 30.8 Å². The summed E-state index contributed by atoms with van der Waals surface area (Å²) in [5.41, 5.74) is 4.16. The summed E-state index contributed by atoms with van der Waals surface area (Å²) < 4.78 is 5.23. The van der Waals surface area contributed by atoms with Gasteiger partial charge in [0.05, 0.1) is 0 Å². The first-order chi connectivity index (χ1) is 15.1. The van der Waals surface area contributed by atoms with E-state index in [1.165, 1.54) is 16.5 Å². The van der Waals surface area contributed by atoms with Gasteiger partial charge in [-0.25, -0.2) is 14.5 Å². The minimum absolute atomic E-state index is 0.0600. The Hall–Kier alpha value is -3.28. The van der Waals surface area contributed by atoms with Crippen LogP contribution in [0.4, 0.5) is 21.0 Å². The Morgan fingerprint density at radius 1 is 1.10 bits per heavy atom. The number of hydrogen-bond donors (Lipinski definition) is 1. The van der Waals surface area contributed by atoms with Crippen LogP contribution in [0.3, 0.4) is 0 Å². The summed E-state index contributed by atoms with van der Waals surface area (Å²) in [6, 6.07) is 15.1. The van der Waals surface area contributed by atoms with Gasteiger partial charge in [0.1, 0.15) is 6.61 Å². The molecule has 1 unspecified atom stereocenters. The summed E-state index contributed by atoms with van der Waals surface area (Å²) in [4.78, 5) is 29.3. The van der Waals surface area contributed by atoms with Crippen LogP contribution < -0.4 is 10.2 Å². The number of nitrogens with zero attached hydrogens (tertiary/aromatic N) is 2. The molecule has 2 aromatic rings. The zero-order valence-electron chi connectivity index (χ0n) is 18.3. The molecule has 3 amide bonds. The first-order valence-corrected chi connectivity index (χ1v) is 10.9. The molecule has 0 spiro atoms. The molecule has 0 bridgehead atoms. The lowest BCUT2D eigenvalue weighted by atomic mass is 9.88. The van der Waals surface area contributed by atoms with Crippen molar-refractivity contribution in [3.8, 4) is 0 Å². The maximum Gasteiger partial charge on any atom is 0.418 e. The van der Waals surface area contributed by atoms with Crippen LogP contribution in [-0.2, 0) is 17.6 Å². The summed E-state index contributed by atoms with van der Waals surface area (Å²) >= 11 is 0. The van der Waals surface area contributed by atoms with Crippen LogP contribution in [0.15, 0.2) is 61.2 Å². The van der Waals surface area contributed by atoms with Crippen LogP contribution in [0.25, 0.3) is 0 Å². The third-order valence-electron chi connectivity index (χ3n) is 5.67. The van der Waals surface area contributed by atoms with Crippen LogP contribution >= 0.6 is 0 Å². The molecular formula is C25H31N3O3. The van der Waals surface area contributed by atoms with Gasteiger partial charge >= 0.3 is 12.1 Å². The van der Waals surface area contributed by atoms with Gasteiger partial charge in [0.2, 0.25) is 0 Å². The molecule has 0 aromatic heterocycles. The quantitative estimate of drug-likeness (QED) is 0.621. The molecule has 2 aromatic carbocycles. The minimum Gasteiger partial charge on any atom is -0.445 e. The van der Waals surface area contributed by atoms with Gasteiger partial charge in [-0.2, -0.15) is 0 Å². The number of carbonyl (C=O) groups is 2. The highest BCUT2D eigenvalue weighted by Gasteiger charge is 2.33. The zero-order valence-corrected chi connectivity index (χ0v) is 18.3. The average Bonchev–Trinajstić information content (AvgIpc) is 2.79. The molecule has 1 atom stereocenters. The second kappa shape index (κ2) is 10.7. The Kier molecular flexibility index (Phi) is 7.70. The molecule has 1 aliphatic carbocycles. The van der Waals surface area contributed by atoms with E-state index in [4.69, 9.17) is 4.74 Å². The molecule has 6 heteroatoms. The van der Waals surface area contributed by atoms with E-state index in [-0.39, 0.29) is 12.6 Å². The highest BCUT2D eigenvalue weighted by molar-refractivity contribution is 5.99. The van der Waals surface area contributed by atoms with Gasteiger partial charge < -0.3 is 15.0 Å². The van der Waals surface area contributed by atoms with Gasteiger partial charge in [0.15, 0.2) is 0 Å². The van der Waals surface area contributed by atoms with Crippen LogP contribution in [-0.4, -0.2) is 42.8 Å². The molecule has 6 nitrogen and oxygen atoms in total. The van der Waals surface area contributed by atoms with Crippen LogP contribution in [0.2, 0.25) is 0 Å². The molecule has 0 radical (unpaired) electrons. The number of amides is 3. The molecule has 0 heterocycles. The second-order valence-electron chi connectivity index (χ2n) is 7.55. The minimum atomic E-state index is -0.651. The number of anilines is 2. The van der Waals surface area contributed by atoms with Crippen molar-refractivity contribution in [3.63, 3.8) is 0 Å². The van der Waals surface area contributed by atoms with Crippen LogP contribution in [0, 0.1) is 0 Å². The lowest BCUT2D eigenvalue weighted by Crippen LogP contribution is -2.49. The average molecular weight is 422 g/mol. The highest BCUT2D eigenvalue weighted by Crippen LogP contribution is 2.26. The number of carbonyl (C=O) groups excluding carboxylic acids is 2. The van der Waals surface area contributed by atoms with E-state index >= 15 is 0 Å². The van der Waals surface area contributed by atoms with Gasteiger partial charge in [-0.05, 0) is 68.5 Å². The Balaban J connectivity index is 1.77. The molecule has 3 rings (SSSR count). The first-order valence-electron chi connectivity index (χ1n) is 10.9. The van der Waals surface area contributed by atoms with E-state index < -0.39 is 12.1 Å². The van der Waals surface area contributed by atoms with Gasteiger partial charge in [-0.1, -0.05) is 36.9 Å². The number of urea groups is 1. The third-order valence-corrected chi connectivity index (χ3v) is 5.67. The normalized spacial score (nSPS) is 14.8. The topological polar surface area (TPSA) is 61.9 Å². The number of rotatable bonds is 7. The summed E-state index contributed by atoms with van der Waals surface area (Å²) in [7, 11) is 0. The first kappa shape index (κ1) is 22.4. The van der Waals surface area contributed by atoms with Crippen molar-refractivity contribution >= 4 is 23.5 Å². The fraction of sp³-hybridized carbons (Fsp3) is 0.360. The number of hydrogen-bond acceptors (Lipinski definition) is 4. The summed E-state index contributed by atoms with van der Waals surface area (Å²) in [5, 5.41) is 2.86. The summed E-state index contributed by atoms with van der Waals surface area (Å²) in [6.07, 6.45) is 2.98. The molecule has 1 N–H and O–H groups in total. The number of benzene rings is 2. The highest BCUT2D eigenvalue weighted by atomic mass is 16.6. The fourth-order valence-corrected chi connectivity index (χ4v) is 4.02. The van der Waals surface area contributed by atoms with Crippen LogP contribution in [0.5, 0.6) is 0 Å². The Morgan fingerprint density at radius 2 is 1.77 bits per heavy atom. The maximum absolute atomic E-state index is 13.1. The number of aryl methyl sites for hydroxylation is 1. The van der Waals surface area contributed by atoms with Crippen molar-refractivity contribution in [1.82, 2.24) is 4.90 Å². The van der Waals surface area contributed by atoms with Crippen molar-refractivity contribution in [2.24, 2.45) is 0 Å². The van der Waals surface area contributed by atoms with E-state index in [1.54, 1.807) is 0 Å². The zero-order chi connectivity index (χ0) is 22.2. The number of nitrogens with one attached hydrogen (secondary N) is 1. The number of ether oxygens (including phenoxy) is 1. The number of fused-ring (bicyclic) bond motifs is 1. The summed E-state index contributed by atoms with van der Waals surface area (Å²) in [6.45, 7) is 9.68. The fourth-order valence-electron chi connectivity index (χ4n) is 4.02. The Labute approximate surface area is 184 Å². The SMILES string of the molecule is C=CCOC(=O)N(C(=O)Nc1ccc(N(CC)CC)cc1)C1CCc2ccccc2C1. The molecule has 31 heavy (non-hydrogen) atoms. The molecule has 164 valence electrons. The van der Waals surface area contributed by atoms with E-state index in [1.807, 2.05) is 36.4 Å². The Morgan fingerprint density at radius 3 is 2.42 bits per heavy atom. The largest absolute Gasteiger partial charge is 0.445 e. The molecular weight excluding hydrogens is 390 g/mol. The molecule has 0 aliphatic heterocycles. The standard InChI is InChI=1S/C25H31N3O3/c1-4-17-31-25(30)28(23-14-11-19-9-7-8-10-20(19)18-23)24(29)26-21-12-15-22(16-13-21)27(5-2)6-3/h4,7-10,12-13,15-16,23H,1,5-6,11,14,17-18H2,2-3H3,(H,26,29). The van der Waals surface area contributed by atoms with E-state index in [2.05, 4.69) is 42.8 Å². The summed E-state index contributed by atoms with van der Waals surface area (Å²) in [5.74, 6) is 0. The lowest BCUT2D eigenvalue weighted by Gasteiger charge is -2.33. The van der Waals surface area contributed by atoms with Crippen molar-refractivity contribution in [2.45, 2.75) is 39.2 Å². The van der Waals surface area contributed by atoms with Crippen LogP contribution in [0.1, 0.15) is 31.4 Å². The monoisotopic (exact) mass is 421 g/mol. The van der Waals surface area contributed by atoms with Crippen molar-refractivity contribution < 1.29 is 14.3 Å². The molecule has 0 saturated carbocycles. The predicted octanol–water partition coefficient (Wildman–Crippen LogP) is 5.25. The third kappa shape index (κ3) is 5.45. The van der Waals surface area contributed by atoms with Crippen molar-refractivity contribution in [2.75, 3.05) is 29.9 Å². The van der Waals surface area contributed by atoms with Crippen molar-refractivity contribution in [3.05, 3.63) is 72.3 Å². The lowest BCUT2D eigenvalue weighted by molar-refractivity contribution is 0.106. The van der Waals surface area contributed by atoms with E-state index in [9.17, 15) is 9.59 Å². The van der Waals surface area contributed by atoms with Gasteiger partial charge in [-0.3, -0.25) is 0 Å². The molecule has 1 aliphatic rings. The number of imide groups is 1. The predicted molar refractivity (Wildman–Crippen MR) is 125 cm³/mol. The van der Waals surface area contributed by atoms with E-state index in [0.29, 0.717) is 18.5 Å². The molecule has 0 saturated heterocycles. The smallest absolute Gasteiger partial charge is 0.418 e. The van der Waals surface area contributed by atoms with Crippen molar-refractivity contribution in [1.29, 1.82) is 0 Å². The Bertz CT molecular complexity index is 906. The maximum atomic E-state index is 13.1. The molecule has 0 fully saturated rings. The van der Waals surface area contributed by atoms with Gasteiger partial charge in [0, 0.05) is 30.5 Å². The van der Waals surface area contributed by atoms with Gasteiger partial charge in [-0.15, -0.1) is 0 Å².